The van der Waals surface area contributed by atoms with Crippen LogP contribution in [0.4, 0.5) is 0 Å². The predicted molar refractivity (Wildman–Crippen MR) is 71.2 cm³/mol. The summed E-state index contributed by atoms with van der Waals surface area (Å²) in [4.78, 5) is 28.4. The summed E-state index contributed by atoms with van der Waals surface area (Å²) in [5.41, 5.74) is -0.977. The first kappa shape index (κ1) is 12.2. The molecule has 102 valence electrons. The Morgan fingerprint density at radius 2 is 2.05 bits per heavy atom. The first-order valence-electron chi connectivity index (χ1n) is 5.75. The lowest BCUT2D eigenvalue weighted by Gasteiger charge is -2.14. The molecule has 0 aliphatic carbocycles. The smallest absolute Gasteiger partial charge is 0.416 e. The number of ether oxygens (including phenoxy) is 1. The van der Waals surface area contributed by atoms with Gasteiger partial charge in [-0.1, -0.05) is 17.0 Å². The third kappa shape index (κ3) is 1.41. The van der Waals surface area contributed by atoms with Gasteiger partial charge in [-0.3, -0.25) is 4.79 Å². The molecule has 0 saturated carbocycles. The Balaban J connectivity index is 2.71. The van der Waals surface area contributed by atoms with E-state index in [2.05, 4.69) is 4.98 Å². The molecule has 0 bridgehead atoms. The third-order valence-electron chi connectivity index (χ3n) is 3.10. The number of benzene rings is 1. The van der Waals surface area contributed by atoms with Gasteiger partial charge in [0, 0.05) is 16.5 Å². The Hall–Kier alpha value is -2.90. The molecule has 2 heterocycles. The van der Waals surface area contributed by atoms with Gasteiger partial charge in [-0.05, 0) is 12.1 Å². The van der Waals surface area contributed by atoms with Crippen LogP contribution in [0, 0.1) is 10.1 Å². The van der Waals surface area contributed by atoms with Crippen molar-refractivity contribution in [2.45, 2.75) is 0 Å². The topological polar surface area (TPSA) is 95.1 Å². The molecular weight excluding hydrogens is 264 g/mol. The van der Waals surface area contributed by atoms with Gasteiger partial charge in [-0.2, -0.15) is 0 Å². The van der Waals surface area contributed by atoms with E-state index in [1.54, 1.807) is 12.1 Å². The van der Waals surface area contributed by atoms with Crippen LogP contribution in [0.2, 0.25) is 0 Å². The van der Waals surface area contributed by atoms with Crippen LogP contribution in [0.15, 0.2) is 29.1 Å². The van der Waals surface area contributed by atoms with Crippen LogP contribution in [-0.2, 0) is 7.05 Å². The number of fused-ring (bicyclic) bond motifs is 2. The zero-order valence-corrected chi connectivity index (χ0v) is 10.7. The summed E-state index contributed by atoms with van der Waals surface area (Å²) in [5, 5.41) is 12.3. The normalized spacial score (nSPS) is 11.1. The number of rotatable bonds is 1. The molecule has 8 heteroatoms. The maximum atomic E-state index is 12.3. The van der Waals surface area contributed by atoms with Crippen molar-refractivity contribution in [1.82, 2.24) is 14.3 Å². The fourth-order valence-corrected chi connectivity index (χ4v) is 2.10. The van der Waals surface area contributed by atoms with Crippen LogP contribution in [0.3, 0.4) is 0 Å². The Labute approximate surface area is 111 Å². The van der Waals surface area contributed by atoms with E-state index in [4.69, 9.17) is 4.74 Å². The summed E-state index contributed by atoms with van der Waals surface area (Å²) in [6.07, 6.45) is 0. The average Bonchev–Trinajstić information content (AvgIpc) is 2.47. The summed E-state index contributed by atoms with van der Waals surface area (Å²) in [7, 11) is 2.74. The quantitative estimate of drug-likeness (QED) is 0.465. The van der Waals surface area contributed by atoms with Gasteiger partial charge in [0.05, 0.1) is 12.6 Å². The highest BCUT2D eigenvalue weighted by molar-refractivity contribution is 5.81. The second-order valence-electron chi connectivity index (χ2n) is 4.21. The number of hydrogen-bond acceptors (Lipinski definition) is 5. The van der Waals surface area contributed by atoms with Gasteiger partial charge < -0.3 is 14.7 Å². The number of para-hydroxylation sites is 2. The van der Waals surface area contributed by atoms with E-state index in [1.165, 1.54) is 26.3 Å². The molecule has 0 unspecified atom stereocenters. The van der Waals surface area contributed by atoms with Crippen molar-refractivity contribution < 1.29 is 9.16 Å². The van der Waals surface area contributed by atoms with Gasteiger partial charge in [0.2, 0.25) is 11.0 Å². The highest BCUT2D eigenvalue weighted by Gasteiger charge is 2.23. The van der Waals surface area contributed by atoms with Crippen LogP contribution in [-0.4, -0.2) is 21.4 Å². The van der Waals surface area contributed by atoms with Crippen molar-refractivity contribution in [3.05, 3.63) is 44.7 Å². The minimum atomic E-state index is -0.641. The van der Waals surface area contributed by atoms with E-state index in [9.17, 15) is 14.9 Å². The molecule has 8 nitrogen and oxygen atoms in total. The summed E-state index contributed by atoms with van der Waals surface area (Å²) >= 11 is 0. The molecule has 0 saturated heterocycles. The largest absolute Gasteiger partial charge is 0.805 e. The standard InChI is InChI=1S/C12H10N4O4/c1-14-11(17)9-10(13-12(14)20-2)16(19)8-6-4-3-5-7(8)15(9)18/h3-6H,1-2H3. The molecule has 0 aliphatic heterocycles. The van der Waals surface area contributed by atoms with Crippen LogP contribution in [0.1, 0.15) is 0 Å². The van der Waals surface area contributed by atoms with Gasteiger partial charge in [-0.25, -0.2) is 4.57 Å². The van der Waals surface area contributed by atoms with E-state index in [1.807, 2.05) is 0 Å². The van der Waals surface area contributed by atoms with E-state index >= 15 is 0 Å². The summed E-state index contributed by atoms with van der Waals surface area (Å²) in [6.45, 7) is 0. The first-order valence-corrected chi connectivity index (χ1v) is 5.75. The van der Waals surface area contributed by atoms with E-state index in [0.29, 0.717) is 9.16 Å². The number of aromatic nitrogens is 4. The molecule has 0 aliphatic rings. The van der Waals surface area contributed by atoms with Crippen LogP contribution < -0.4 is 14.7 Å². The average molecular weight is 274 g/mol. The molecule has 0 spiro atoms. The Morgan fingerprint density at radius 1 is 1.35 bits per heavy atom. The lowest BCUT2D eigenvalue weighted by molar-refractivity contribution is -0.435. The monoisotopic (exact) mass is 274 g/mol. The molecule has 20 heavy (non-hydrogen) atoms. The number of methoxy groups -OCH3 is 1. The molecule has 0 fully saturated rings. The molecule has 3 aromatic rings. The number of nitrogens with zero attached hydrogens (tertiary/aromatic N) is 4. The van der Waals surface area contributed by atoms with Crippen molar-refractivity contribution >= 4 is 22.2 Å². The van der Waals surface area contributed by atoms with Gasteiger partial charge in [0.15, 0.2) is 0 Å². The van der Waals surface area contributed by atoms with Crippen molar-refractivity contribution in [3.63, 3.8) is 0 Å². The number of hydrogen-bond donors (Lipinski definition) is 0. The second kappa shape index (κ2) is 4.05. The fourth-order valence-electron chi connectivity index (χ4n) is 2.10. The van der Waals surface area contributed by atoms with E-state index in [0.717, 1.165) is 4.57 Å². The van der Waals surface area contributed by atoms with Gasteiger partial charge in [0.25, 0.3) is 5.56 Å². The fraction of sp³-hybridized carbons (Fsp3) is 0.167. The minimum Gasteiger partial charge on any atom is -0.805 e. The molecular formula is C12H10N4O4. The predicted octanol–water partition coefficient (Wildman–Crippen LogP) is 0.157. The Kier molecular flexibility index (Phi) is 2.46. The minimum absolute atomic E-state index is 0.0395. The van der Waals surface area contributed by atoms with Crippen LogP contribution in [0.25, 0.3) is 22.2 Å². The first-order chi connectivity index (χ1) is 9.56. The summed E-state index contributed by atoms with van der Waals surface area (Å²) in [5.74, 6) is 0. The molecule has 3 rings (SSSR count). The van der Waals surface area contributed by atoms with Gasteiger partial charge in [-0.15, -0.1) is 0 Å². The molecule has 0 amide bonds. The highest BCUT2D eigenvalue weighted by atomic mass is 16.5. The van der Waals surface area contributed by atoms with Gasteiger partial charge >= 0.3 is 11.7 Å². The van der Waals surface area contributed by atoms with Crippen LogP contribution in [0.5, 0.6) is 6.01 Å². The lowest BCUT2D eigenvalue weighted by Crippen LogP contribution is -2.29. The van der Waals surface area contributed by atoms with Crippen LogP contribution >= 0.6 is 0 Å². The Bertz CT molecular complexity index is 957. The Morgan fingerprint density at radius 3 is 2.75 bits per heavy atom. The van der Waals surface area contributed by atoms with Crippen molar-refractivity contribution in [2.75, 3.05) is 7.11 Å². The summed E-state index contributed by atoms with van der Waals surface area (Å²) in [6, 6.07) is 6.16. The SMILES string of the molecule is COc1nc2c(c(=O)n1C)n([O-])c1ccccc1[n+]2=O. The molecule has 2 aromatic heterocycles. The molecule has 0 radical (unpaired) electrons. The van der Waals surface area contributed by atoms with Crippen molar-refractivity contribution in [2.24, 2.45) is 7.05 Å². The lowest BCUT2D eigenvalue weighted by atomic mass is 10.3. The van der Waals surface area contributed by atoms with Crippen molar-refractivity contribution in [3.8, 4) is 6.01 Å². The zero-order chi connectivity index (χ0) is 14.4. The second-order valence-corrected chi connectivity index (χ2v) is 4.21. The maximum Gasteiger partial charge on any atom is 0.416 e. The highest BCUT2D eigenvalue weighted by Crippen LogP contribution is 2.14. The zero-order valence-electron chi connectivity index (χ0n) is 10.7. The third-order valence-corrected chi connectivity index (χ3v) is 3.10. The van der Waals surface area contributed by atoms with E-state index < -0.39 is 5.56 Å². The molecule has 0 atom stereocenters. The van der Waals surface area contributed by atoms with E-state index in [-0.39, 0.29) is 28.2 Å². The van der Waals surface area contributed by atoms with Crippen molar-refractivity contribution in [1.29, 1.82) is 0 Å². The maximum absolute atomic E-state index is 12.3. The van der Waals surface area contributed by atoms with Gasteiger partial charge in [0.1, 0.15) is 0 Å². The molecule has 0 N–H and O–H groups in total. The molecule has 1 aromatic carbocycles. The summed E-state index contributed by atoms with van der Waals surface area (Å²) < 4.78 is 6.89.